The molecule has 9 heteroatoms. The number of rotatable bonds is 3. The molecular weight excluding hydrogens is 334 g/mol. The zero-order valence-electron chi connectivity index (χ0n) is 14.4. The van der Waals surface area contributed by atoms with Crippen LogP contribution in [0.2, 0.25) is 0 Å². The summed E-state index contributed by atoms with van der Waals surface area (Å²) in [6.45, 7) is 1.75. The van der Waals surface area contributed by atoms with Gasteiger partial charge in [0.25, 0.3) is 0 Å². The zero-order valence-corrected chi connectivity index (χ0v) is 14.4. The maximum absolute atomic E-state index is 12.5. The van der Waals surface area contributed by atoms with Gasteiger partial charge in [0, 0.05) is 19.6 Å². The smallest absolute Gasteiger partial charge is 0.410 e. The average Bonchev–Trinajstić information content (AvgIpc) is 2.62. The quantitative estimate of drug-likeness (QED) is 0.813. The minimum Gasteiger partial charge on any atom is -0.410 e. The van der Waals surface area contributed by atoms with Crippen molar-refractivity contribution in [1.82, 2.24) is 14.8 Å². The van der Waals surface area contributed by atoms with Gasteiger partial charge in [0.1, 0.15) is 17.3 Å². The van der Waals surface area contributed by atoms with Gasteiger partial charge in [-0.15, -0.1) is 5.11 Å². The van der Waals surface area contributed by atoms with Crippen molar-refractivity contribution in [3.8, 4) is 5.75 Å². The van der Waals surface area contributed by atoms with Gasteiger partial charge in [-0.3, -0.25) is 4.90 Å². The fraction of sp³-hybridized carbons (Fsp3) is 0.294. The van der Waals surface area contributed by atoms with Gasteiger partial charge >= 0.3 is 6.09 Å². The van der Waals surface area contributed by atoms with Crippen LogP contribution in [0.25, 0.3) is 0 Å². The predicted molar refractivity (Wildman–Crippen MR) is 98.0 cm³/mol. The SMILES string of the molecule is CN1CCN(C(=O)Oc2ccccc2)C(N=Nc2ccc(N)nc2N)C1. The molecule has 1 saturated heterocycles. The number of hydrogen-bond acceptors (Lipinski definition) is 8. The molecule has 1 amide bonds. The number of ether oxygens (including phenoxy) is 1. The van der Waals surface area contributed by atoms with E-state index in [9.17, 15) is 4.79 Å². The first kappa shape index (κ1) is 17.6. The molecule has 0 bridgehead atoms. The molecule has 0 radical (unpaired) electrons. The molecule has 1 aromatic carbocycles. The first-order valence-electron chi connectivity index (χ1n) is 8.18. The summed E-state index contributed by atoms with van der Waals surface area (Å²) in [5, 5.41) is 8.44. The third-order valence-corrected chi connectivity index (χ3v) is 3.96. The number of anilines is 2. The Hall–Kier alpha value is -3.20. The lowest BCUT2D eigenvalue weighted by Gasteiger charge is -2.36. The Morgan fingerprint density at radius 3 is 2.69 bits per heavy atom. The fourth-order valence-electron chi connectivity index (χ4n) is 2.55. The van der Waals surface area contributed by atoms with Gasteiger partial charge in [0.15, 0.2) is 12.0 Å². The highest BCUT2D eigenvalue weighted by Gasteiger charge is 2.30. The number of aromatic nitrogens is 1. The van der Waals surface area contributed by atoms with Crippen LogP contribution in [0.5, 0.6) is 5.75 Å². The summed E-state index contributed by atoms with van der Waals surface area (Å²) in [5.74, 6) is 0.988. The molecule has 0 saturated carbocycles. The minimum absolute atomic E-state index is 0.191. The van der Waals surface area contributed by atoms with Crippen molar-refractivity contribution < 1.29 is 9.53 Å². The van der Waals surface area contributed by atoms with Crippen molar-refractivity contribution in [2.75, 3.05) is 38.1 Å². The highest BCUT2D eigenvalue weighted by Crippen LogP contribution is 2.23. The van der Waals surface area contributed by atoms with Crippen LogP contribution in [0.4, 0.5) is 22.1 Å². The summed E-state index contributed by atoms with van der Waals surface area (Å²) < 4.78 is 5.42. The molecule has 2 heterocycles. The van der Waals surface area contributed by atoms with Crippen molar-refractivity contribution in [3.05, 3.63) is 42.5 Å². The molecule has 3 rings (SSSR count). The number of hydrogen-bond donors (Lipinski definition) is 2. The maximum atomic E-state index is 12.5. The number of nitrogens with two attached hydrogens (primary N) is 2. The van der Waals surface area contributed by atoms with E-state index >= 15 is 0 Å². The van der Waals surface area contributed by atoms with E-state index in [0.29, 0.717) is 30.3 Å². The van der Waals surface area contributed by atoms with Crippen LogP contribution in [0, 0.1) is 0 Å². The van der Waals surface area contributed by atoms with E-state index < -0.39 is 12.3 Å². The normalized spacial score (nSPS) is 18.2. The van der Waals surface area contributed by atoms with Gasteiger partial charge in [-0.05, 0) is 31.3 Å². The Balaban J connectivity index is 1.75. The minimum atomic E-state index is -0.484. The third kappa shape index (κ3) is 4.25. The molecule has 1 fully saturated rings. The lowest BCUT2D eigenvalue weighted by molar-refractivity contribution is 0.0832. The largest absolute Gasteiger partial charge is 0.417 e. The molecule has 9 nitrogen and oxygen atoms in total. The summed E-state index contributed by atoms with van der Waals surface area (Å²) in [6, 6.07) is 12.2. The monoisotopic (exact) mass is 355 g/mol. The lowest BCUT2D eigenvalue weighted by atomic mass is 10.3. The molecule has 1 unspecified atom stereocenters. The maximum Gasteiger partial charge on any atom is 0.417 e. The van der Waals surface area contributed by atoms with Crippen LogP contribution in [0.3, 0.4) is 0 Å². The van der Waals surface area contributed by atoms with E-state index in [2.05, 4.69) is 20.1 Å². The van der Waals surface area contributed by atoms with E-state index in [-0.39, 0.29) is 5.82 Å². The number of likely N-dealkylation sites (N-methyl/N-ethyl adjacent to an activating group) is 1. The van der Waals surface area contributed by atoms with Crippen LogP contribution in [0.15, 0.2) is 52.7 Å². The lowest BCUT2D eigenvalue weighted by Crippen LogP contribution is -2.53. The summed E-state index contributed by atoms with van der Waals surface area (Å²) in [6.07, 6.45) is -0.946. The molecule has 1 atom stereocenters. The summed E-state index contributed by atoms with van der Waals surface area (Å²) in [7, 11) is 1.96. The van der Waals surface area contributed by atoms with Crippen LogP contribution >= 0.6 is 0 Å². The average molecular weight is 355 g/mol. The number of pyridine rings is 1. The Morgan fingerprint density at radius 1 is 1.19 bits per heavy atom. The second-order valence-corrected chi connectivity index (χ2v) is 5.97. The molecule has 4 N–H and O–H groups in total. The molecule has 136 valence electrons. The standard InChI is InChI=1S/C17H21N7O2/c1-23-9-10-24(17(25)26-12-5-3-2-4-6-12)15(11-23)22-21-13-7-8-14(18)20-16(13)19/h2-8,15H,9-11H2,1H3,(H4,18,19,20). The van der Waals surface area contributed by atoms with Crippen LogP contribution in [-0.4, -0.2) is 53.7 Å². The van der Waals surface area contributed by atoms with Crippen molar-refractivity contribution in [2.24, 2.45) is 10.2 Å². The Bertz CT molecular complexity index is 797. The van der Waals surface area contributed by atoms with Gasteiger partial charge in [0.05, 0.1) is 0 Å². The molecule has 26 heavy (non-hydrogen) atoms. The van der Waals surface area contributed by atoms with E-state index in [1.807, 2.05) is 13.1 Å². The van der Waals surface area contributed by atoms with E-state index in [1.165, 1.54) is 0 Å². The number of nitrogens with zero attached hydrogens (tertiary/aromatic N) is 5. The van der Waals surface area contributed by atoms with E-state index in [0.717, 1.165) is 6.54 Å². The molecule has 0 spiro atoms. The number of carbonyl (C=O) groups is 1. The Morgan fingerprint density at radius 2 is 1.96 bits per heavy atom. The molecular formula is C17H21N7O2. The summed E-state index contributed by atoms with van der Waals surface area (Å²) in [4.78, 5) is 20.1. The second-order valence-electron chi connectivity index (χ2n) is 5.97. The van der Waals surface area contributed by atoms with Gasteiger partial charge in [-0.2, -0.15) is 5.11 Å². The van der Waals surface area contributed by atoms with Crippen LogP contribution < -0.4 is 16.2 Å². The van der Waals surface area contributed by atoms with E-state index in [4.69, 9.17) is 16.2 Å². The van der Waals surface area contributed by atoms with Gasteiger partial charge in [-0.1, -0.05) is 18.2 Å². The van der Waals surface area contributed by atoms with Crippen molar-refractivity contribution in [1.29, 1.82) is 0 Å². The Kier molecular flexibility index (Phi) is 5.28. The topological polar surface area (TPSA) is 122 Å². The predicted octanol–water partition coefficient (Wildman–Crippen LogP) is 2.10. The Labute approximate surface area is 151 Å². The van der Waals surface area contributed by atoms with Gasteiger partial charge in [-0.25, -0.2) is 9.78 Å². The number of amides is 1. The summed E-state index contributed by atoms with van der Waals surface area (Å²) >= 11 is 0. The molecule has 1 aliphatic rings. The number of carbonyl (C=O) groups excluding carboxylic acids is 1. The molecule has 2 aromatic rings. The number of piperazine rings is 1. The molecule has 0 aliphatic carbocycles. The number of nitrogen functional groups attached to an aromatic ring is 2. The van der Waals surface area contributed by atoms with E-state index in [1.54, 1.807) is 41.3 Å². The second kappa shape index (κ2) is 7.79. The van der Waals surface area contributed by atoms with Crippen LogP contribution in [0.1, 0.15) is 0 Å². The number of azo groups is 1. The highest BCUT2D eigenvalue weighted by atomic mass is 16.6. The zero-order chi connectivity index (χ0) is 18.5. The fourth-order valence-corrected chi connectivity index (χ4v) is 2.55. The first-order chi connectivity index (χ1) is 12.5. The first-order valence-corrected chi connectivity index (χ1v) is 8.18. The van der Waals surface area contributed by atoms with Gasteiger partial charge < -0.3 is 21.1 Å². The van der Waals surface area contributed by atoms with Crippen molar-refractivity contribution in [3.63, 3.8) is 0 Å². The third-order valence-electron chi connectivity index (χ3n) is 3.96. The van der Waals surface area contributed by atoms with Crippen molar-refractivity contribution in [2.45, 2.75) is 6.17 Å². The van der Waals surface area contributed by atoms with Gasteiger partial charge in [0.2, 0.25) is 0 Å². The summed E-state index contributed by atoms with van der Waals surface area (Å²) in [5.41, 5.74) is 11.8. The number of benzene rings is 1. The van der Waals surface area contributed by atoms with Crippen LogP contribution in [-0.2, 0) is 0 Å². The molecule has 1 aromatic heterocycles. The number of para-hydroxylation sites is 1. The molecule has 1 aliphatic heterocycles. The highest BCUT2D eigenvalue weighted by molar-refractivity contribution is 5.71. The van der Waals surface area contributed by atoms with Crippen molar-refractivity contribution >= 4 is 23.4 Å².